The largest absolute Gasteiger partial charge is 0.503 e. The molecular formula is C12H24O6. The van der Waals surface area contributed by atoms with E-state index in [1.54, 1.807) is 0 Å². The van der Waals surface area contributed by atoms with Gasteiger partial charge < -0.3 is 20.4 Å². The van der Waals surface area contributed by atoms with E-state index < -0.39 is 12.3 Å². The summed E-state index contributed by atoms with van der Waals surface area (Å²) in [6.07, 6.45) is 5.17. The van der Waals surface area contributed by atoms with Crippen molar-refractivity contribution in [3.63, 3.8) is 0 Å². The Balaban J connectivity index is 0. The molecule has 1 saturated carbocycles. The zero-order chi connectivity index (χ0) is 14.6. The number of carbonyl (C=O) groups is 2. The van der Waals surface area contributed by atoms with Gasteiger partial charge in [0.25, 0.3) is 0 Å². The predicted octanol–water partition coefficient (Wildman–Crippen LogP) is 4.06. The Morgan fingerprint density at radius 1 is 0.833 bits per heavy atom. The van der Waals surface area contributed by atoms with Gasteiger partial charge >= 0.3 is 12.3 Å². The van der Waals surface area contributed by atoms with Gasteiger partial charge in [0, 0.05) is 0 Å². The highest BCUT2D eigenvalue weighted by atomic mass is 16.6. The van der Waals surface area contributed by atoms with Gasteiger partial charge in [-0.1, -0.05) is 52.4 Å². The van der Waals surface area contributed by atoms with Crippen molar-refractivity contribution in [3.8, 4) is 0 Å². The zero-order valence-corrected chi connectivity index (χ0v) is 11.0. The van der Waals surface area contributed by atoms with Crippen LogP contribution in [-0.2, 0) is 0 Å². The van der Waals surface area contributed by atoms with Crippen LogP contribution in [0, 0.1) is 11.8 Å². The molecule has 4 N–H and O–H groups in total. The summed E-state index contributed by atoms with van der Waals surface area (Å²) in [5.41, 5.74) is 0. The van der Waals surface area contributed by atoms with Gasteiger partial charge in [0.1, 0.15) is 0 Å². The summed E-state index contributed by atoms with van der Waals surface area (Å²) in [6.45, 7) is 4.69. The molecule has 108 valence electrons. The van der Waals surface area contributed by atoms with E-state index in [9.17, 15) is 0 Å². The topological polar surface area (TPSA) is 115 Å². The summed E-state index contributed by atoms with van der Waals surface area (Å²) in [4.78, 5) is 17.1. The van der Waals surface area contributed by atoms with Gasteiger partial charge in [-0.05, 0) is 11.8 Å². The minimum absolute atomic E-state index is 1.07. The van der Waals surface area contributed by atoms with Crippen molar-refractivity contribution in [2.75, 3.05) is 0 Å². The van der Waals surface area contributed by atoms with Crippen LogP contribution in [0.25, 0.3) is 0 Å². The molecule has 1 fully saturated rings. The molecule has 18 heavy (non-hydrogen) atoms. The monoisotopic (exact) mass is 264 g/mol. The smallest absolute Gasteiger partial charge is 0.450 e. The first-order valence-electron chi connectivity index (χ1n) is 6.18. The van der Waals surface area contributed by atoms with E-state index in [2.05, 4.69) is 13.8 Å². The Morgan fingerprint density at radius 2 is 1.06 bits per heavy atom. The Kier molecular flexibility index (Phi) is 12.6. The van der Waals surface area contributed by atoms with Crippen molar-refractivity contribution in [2.24, 2.45) is 11.8 Å². The molecule has 2 atom stereocenters. The molecule has 0 bridgehead atoms. The van der Waals surface area contributed by atoms with E-state index in [4.69, 9.17) is 30.0 Å². The average molecular weight is 264 g/mol. The van der Waals surface area contributed by atoms with Gasteiger partial charge in [0.15, 0.2) is 0 Å². The Labute approximate surface area is 107 Å². The molecule has 0 aliphatic heterocycles. The molecule has 0 heterocycles. The highest BCUT2D eigenvalue weighted by molar-refractivity contribution is 5.53. The van der Waals surface area contributed by atoms with Crippen LogP contribution in [-0.4, -0.2) is 32.7 Å². The van der Waals surface area contributed by atoms with Crippen molar-refractivity contribution in [2.45, 2.75) is 52.4 Å². The van der Waals surface area contributed by atoms with Crippen LogP contribution in [0.4, 0.5) is 9.59 Å². The molecule has 1 rings (SSSR count). The fourth-order valence-corrected chi connectivity index (χ4v) is 2.36. The van der Waals surface area contributed by atoms with E-state index in [0.29, 0.717) is 0 Å². The van der Waals surface area contributed by atoms with Crippen molar-refractivity contribution < 1.29 is 30.0 Å². The fraction of sp³-hybridized carbons (Fsp3) is 0.833. The van der Waals surface area contributed by atoms with Crippen LogP contribution in [0.5, 0.6) is 0 Å². The molecule has 0 amide bonds. The van der Waals surface area contributed by atoms with Gasteiger partial charge in [-0.3, -0.25) is 0 Å². The van der Waals surface area contributed by atoms with E-state index in [-0.39, 0.29) is 0 Å². The Morgan fingerprint density at radius 3 is 1.22 bits per heavy atom. The third-order valence-electron chi connectivity index (χ3n) is 3.12. The SMILES string of the molecule is CCC1CCCCC1CC.O=C(O)O.O=C(O)O. The van der Waals surface area contributed by atoms with Crippen LogP contribution < -0.4 is 0 Å². The van der Waals surface area contributed by atoms with E-state index in [1.165, 1.54) is 38.5 Å². The number of carboxylic acid groups (broad SMARTS) is 4. The quantitative estimate of drug-likeness (QED) is 0.597. The third-order valence-corrected chi connectivity index (χ3v) is 3.12. The maximum absolute atomic E-state index is 8.56. The van der Waals surface area contributed by atoms with Crippen LogP contribution >= 0.6 is 0 Å². The third kappa shape index (κ3) is 14.5. The van der Waals surface area contributed by atoms with Crippen LogP contribution in [0.15, 0.2) is 0 Å². The fourth-order valence-electron chi connectivity index (χ4n) is 2.36. The molecule has 6 heteroatoms. The molecule has 1 aliphatic rings. The standard InChI is InChI=1S/C10H20.2CH2O3/c1-3-9-7-5-6-8-10(9)4-2;2*2-1(3)4/h9-10H,3-8H2,1-2H3;2*(H2,2,3,4). The predicted molar refractivity (Wildman–Crippen MR) is 67.3 cm³/mol. The van der Waals surface area contributed by atoms with E-state index >= 15 is 0 Å². The first-order valence-corrected chi connectivity index (χ1v) is 6.18. The van der Waals surface area contributed by atoms with Gasteiger partial charge in [-0.25, -0.2) is 9.59 Å². The maximum atomic E-state index is 8.56. The molecule has 0 radical (unpaired) electrons. The summed E-state index contributed by atoms with van der Waals surface area (Å²) in [5, 5.41) is 27.9. The van der Waals surface area contributed by atoms with Crippen molar-refractivity contribution >= 4 is 12.3 Å². The summed E-state index contributed by atoms with van der Waals surface area (Å²) in [7, 11) is 0. The lowest BCUT2D eigenvalue weighted by Crippen LogP contribution is -2.17. The van der Waals surface area contributed by atoms with Crippen molar-refractivity contribution in [1.29, 1.82) is 0 Å². The molecule has 0 aromatic rings. The van der Waals surface area contributed by atoms with E-state index in [1.807, 2.05) is 0 Å². The summed E-state index contributed by atoms with van der Waals surface area (Å²) >= 11 is 0. The molecule has 1 aliphatic carbocycles. The van der Waals surface area contributed by atoms with Crippen molar-refractivity contribution in [1.82, 2.24) is 0 Å². The molecule has 2 unspecified atom stereocenters. The lowest BCUT2D eigenvalue weighted by Gasteiger charge is -2.29. The second kappa shape index (κ2) is 12.0. The first kappa shape index (κ1) is 18.9. The Bertz CT molecular complexity index is 197. The maximum Gasteiger partial charge on any atom is 0.503 e. The minimum atomic E-state index is -1.83. The second-order valence-electron chi connectivity index (χ2n) is 4.19. The molecule has 6 nitrogen and oxygen atoms in total. The van der Waals surface area contributed by atoms with Gasteiger partial charge in [0.05, 0.1) is 0 Å². The molecule has 0 spiro atoms. The Hall–Kier alpha value is -1.46. The highest BCUT2D eigenvalue weighted by Crippen LogP contribution is 2.33. The summed E-state index contributed by atoms with van der Waals surface area (Å²) in [6, 6.07) is 0. The molecular weight excluding hydrogens is 240 g/mol. The number of hydrogen-bond donors (Lipinski definition) is 4. The van der Waals surface area contributed by atoms with Crippen LogP contribution in [0.3, 0.4) is 0 Å². The van der Waals surface area contributed by atoms with E-state index in [0.717, 1.165) is 11.8 Å². The lowest BCUT2D eigenvalue weighted by molar-refractivity contribution is 0.135. The first-order chi connectivity index (χ1) is 8.34. The van der Waals surface area contributed by atoms with Gasteiger partial charge in [-0.15, -0.1) is 0 Å². The normalized spacial score (nSPS) is 21.7. The zero-order valence-electron chi connectivity index (χ0n) is 11.0. The van der Waals surface area contributed by atoms with Gasteiger partial charge in [0.2, 0.25) is 0 Å². The van der Waals surface area contributed by atoms with Crippen molar-refractivity contribution in [3.05, 3.63) is 0 Å². The molecule has 0 aromatic carbocycles. The van der Waals surface area contributed by atoms with Crippen LogP contribution in [0.1, 0.15) is 52.4 Å². The number of rotatable bonds is 2. The van der Waals surface area contributed by atoms with Crippen LogP contribution in [0.2, 0.25) is 0 Å². The molecule has 0 aromatic heterocycles. The minimum Gasteiger partial charge on any atom is -0.450 e. The highest BCUT2D eigenvalue weighted by Gasteiger charge is 2.21. The lowest BCUT2D eigenvalue weighted by atomic mass is 9.77. The average Bonchev–Trinajstić information content (AvgIpc) is 2.27. The second-order valence-corrected chi connectivity index (χ2v) is 4.19. The summed E-state index contributed by atoms with van der Waals surface area (Å²) in [5.74, 6) is 2.14. The van der Waals surface area contributed by atoms with Gasteiger partial charge in [-0.2, -0.15) is 0 Å². The molecule has 0 saturated heterocycles. The number of hydrogen-bond acceptors (Lipinski definition) is 2. The summed E-state index contributed by atoms with van der Waals surface area (Å²) < 4.78 is 0.